The standard InChI is InChI=1S/C17H15Cl2NO3/c1-2-23-17(22)12-4-3-5-13(10-12)20-16(21)9-11-6-7-14(18)15(19)8-11/h3-8,10H,2,9H2,1H3,(H,20,21). The molecule has 0 aliphatic heterocycles. The Bertz CT molecular complexity index is 732. The van der Waals surface area contributed by atoms with Crippen LogP contribution in [0.5, 0.6) is 0 Å². The highest BCUT2D eigenvalue weighted by Crippen LogP contribution is 2.23. The molecule has 0 aromatic heterocycles. The molecule has 0 heterocycles. The fraction of sp³-hybridized carbons (Fsp3) is 0.176. The molecule has 0 spiro atoms. The van der Waals surface area contributed by atoms with Crippen molar-refractivity contribution in [3.8, 4) is 0 Å². The number of carbonyl (C=O) groups excluding carboxylic acids is 2. The maximum atomic E-state index is 12.1. The Morgan fingerprint density at radius 2 is 1.87 bits per heavy atom. The number of hydrogen-bond donors (Lipinski definition) is 1. The summed E-state index contributed by atoms with van der Waals surface area (Å²) in [7, 11) is 0. The molecule has 0 unspecified atom stereocenters. The van der Waals surface area contributed by atoms with Crippen molar-refractivity contribution in [1.82, 2.24) is 0 Å². The Morgan fingerprint density at radius 1 is 1.09 bits per heavy atom. The van der Waals surface area contributed by atoms with E-state index in [0.717, 1.165) is 5.56 Å². The van der Waals surface area contributed by atoms with Gasteiger partial charge in [-0.3, -0.25) is 4.79 Å². The van der Waals surface area contributed by atoms with Crippen molar-refractivity contribution in [1.29, 1.82) is 0 Å². The lowest BCUT2D eigenvalue weighted by molar-refractivity contribution is -0.115. The summed E-state index contributed by atoms with van der Waals surface area (Å²) in [5.74, 6) is -0.641. The molecule has 23 heavy (non-hydrogen) atoms. The predicted octanol–water partition coefficient (Wildman–Crippen LogP) is 4.35. The van der Waals surface area contributed by atoms with Crippen LogP contribution in [-0.4, -0.2) is 18.5 Å². The van der Waals surface area contributed by atoms with Gasteiger partial charge in [0.25, 0.3) is 0 Å². The summed E-state index contributed by atoms with van der Waals surface area (Å²) in [5, 5.41) is 3.59. The lowest BCUT2D eigenvalue weighted by Gasteiger charge is -2.08. The van der Waals surface area contributed by atoms with Crippen LogP contribution in [0.3, 0.4) is 0 Å². The molecule has 4 nitrogen and oxygen atoms in total. The summed E-state index contributed by atoms with van der Waals surface area (Å²) >= 11 is 11.8. The first-order valence-electron chi connectivity index (χ1n) is 7.00. The van der Waals surface area contributed by atoms with Crippen molar-refractivity contribution in [2.24, 2.45) is 0 Å². The number of amides is 1. The number of anilines is 1. The van der Waals surface area contributed by atoms with E-state index >= 15 is 0 Å². The van der Waals surface area contributed by atoms with Gasteiger partial charge in [-0.2, -0.15) is 0 Å². The first-order chi connectivity index (χ1) is 11.0. The largest absolute Gasteiger partial charge is 0.462 e. The van der Waals surface area contributed by atoms with Crippen LogP contribution < -0.4 is 5.32 Å². The lowest BCUT2D eigenvalue weighted by Crippen LogP contribution is -2.15. The monoisotopic (exact) mass is 351 g/mol. The van der Waals surface area contributed by atoms with Gasteiger partial charge in [0.15, 0.2) is 0 Å². The minimum absolute atomic E-state index is 0.153. The van der Waals surface area contributed by atoms with Crippen LogP contribution in [0.15, 0.2) is 42.5 Å². The zero-order chi connectivity index (χ0) is 16.8. The summed E-state index contributed by atoms with van der Waals surface area (Å²) in [6.45, 7) is 2.04. The van der Waals surface area contributed by atoms with Gasteiger partial charge in [-0.15, -0.1) is 0 Å². The molecule has 2 aromatic carbocycles. The number of carbonyl (C=O) groups is 2. The molecule has 0 saturated carbocycles. The van der Waals surface area contributed by atoms with Gasteiger partial charge in [-0.25, -0.2) is 4.79 Å². The first kappa shape index (κ1) is 17.3. The number of benzene rings is 2. The normalized spacial score (nSPS) is 10.2. The average Bonchev–Trinajstić information content (AvgIpc) is 2.51. The number of rotatable bonds is 5. The highest BCUT2D eigenvalue weighted by molar-refractivity contribution is 6.42. The molecule has 1 N–H and O–H groups in total. The quantitative estimate of drug-likeness (QED) is 0.814. The molecule has 2 aromatic rings. The zero-order valence-corrected chi connectivity index (χ0v) is 13.9. The Balaban J connectivity index is 2.03. The van der Waals surface area contributed by atoms with Crippen LogP contribution in [0.4, 0.5) is 5.69 Å². The maximum Gasteiger partial charge on any atom is 0.338 e. The second-order valence-electron chi connectivity index (χ2n) is 4.77. The SMILES string of the molecule is CCOC(=O)c1cccc(NC(=O)Cc2ccc(Cl)c(Cl)c2)c1. The van der Waals surface area contributed by atoms with Crippen LogP contribution in [-0.2, 0) is 16.0 Å². The number of hydrogen-bond acceptors (Lipinski definition) is 3. The highest BCUT2D eigenvalue weighted by Gasteiger charge is 2.09. The molecule has 6 heteroatoms. The van der Waals surface area contributed by atoms with E-state index in [-0.39, 0.29) is 12.3 Å². The van der Waals surface area contributed by atoms with Crippen molar-refractivity contribution < 1.29 is 14.3 Å². The predicted molar refractivity (Wildman–Crippen MR) is 91.2 cm³/mol. The summed E-state index contributed by atoms with van der Waals surface area (Å²) < 4.78 is 4.93. The van der Waals surface area contributed by atoms with Crippen LogP contribution >= 0.6 is 23.2 Å². The van der Waals surface area contributed by atoms with Crippen molar-refractivity contribution >= 4 is 40.8 Å². The van der Waals surface area contributed by atoms with Gasteiger partial charge in [-0.1, -0.05) is 35.3 Å². The van der Waals surface area contributed by atoms with E-state index in [0.29, 0.717) is 27.9 Å². The fourth-order valence-electron chi connectivity index (χ4n) is 1.98. The van der Waals surface area contributed by atoms with E-state index in [1.807, 2.05) is 0 Å². The van der Waals surface area contributed by atoms with Gasteiger partial charge in [-0.05, 0) is 42.8 Å². The van der Waals surface area contributed by atoms with Crippen molar-refractivity contribution in [3.63, 3.8) is 0 Å². The summed E-state index contributed by atoms with van der Waals surface area (Å²) in [6, 6.07) is 11.6. The average molecular weight is 352 g/mol. The van der Waals surface area contributed by atoms with Gasteiger partial charge in [0, 0.05) is 5.69 Å². The number of ether oxygens (including phenoxy) is 1. The number of nitrogens with one attached hydrogen (secondary N) is 1. The molecular formula is C17H15Cl2NO3. The second kappa shape index (κ2) is 7.99. The molecule has 1 amide bonds. The molecule has 0 radical (unpaired) electrons. The summed E-state index contributed by atoms with van der Waals surface area (Å²) in [5.41, 5.74) is 1.67. The molecule has 0 aliphatic carbocycles. The molecule has 0 saturated heterocycles. The molecule has 120 valence electrons. The van der Waals surface area contributed by atoms with Gasteiger partial charge in [0.2, 0.25) is 5.91 Å². The molecule has 2 rings (SSSR count). The van der Waals surface area contributed by atoms with Gasteiger partial charge in [0.05, 0.1) is 28.6 Å². The molecule has 0 bridgehead atoms. The molecular weight excluding hydrogens is 337 g/mol. The third-order valence-electron chi connectivity index (χ3n) is 3.01. The van der Waals surface area contributed by atoms with Crippen molar-refractivity contribution in [2.45, 2.75) is 13.3 Å². The van der Waals surface area contributed by atoms with Crippen LogP contribution in [0.1, 0.15) is 22.8 Å². The minimum atomic E-state index is -0.423. The third-order valence-corrected chi connectivity index (χ3v) is 3.75. The Hall–Kier alpha value is -2.04. The Morgan fingerprint density at radius 3 is 2.57 bits per heavy atom. The van der Waals surface area contributed by atoms with E-state index in [4.69, 9.17) is 27.9 Å². The smallest absolute Gasteiger partial charge is 0.338 e. The minimum Gasteiger partial charge on any atom is -0.462 e. The van der Waals surface area contributed by atoms with Crippen molar-refractivity contribution in [2.75, 3.05) is 11.9 Å². The summed E-state index contributed by atoms with van der Waals surface area (Å²) in [4.78, 5) is 23.8. The van der Waals surface area contributed by atoms with Crippen LogP contribution in [0, 0.1) is 0 Å². The molecule has 0 atom stereocenters. The van der Waals surface area contributed by atoms with E-state index < -0.39 is 5.97 Å². The van der Waals surface area contributed by atoms with Gasteiger partial charge >= 0.3 is 5.97 Å². The first-order valence-corrected chi connectivity index (χ1v) is 7.76. The lowest BCUT2D eigenvalue weighted by atomic mass is 10.1. The van der Waals surface area contributed by atoms with Gasteiger partial charge < -0.3 is 10.1 Å². The van der Waals surface area contributed by atoms with E-state index in [9.17, 15) is 9.59 Å². The summed E-state index contributed by atoms with van der Waals surface area (Å²) in [6.07, 6.45) is 0.153. The third kappa shape index (κ3) is 4.98. The number of halogens is 2. The second-order valence-corrected chi connectivity index (χ2v) is 5.59. The highest BCUT2D eigenvalue weighted by atomic mass is 35.5. The van der Waals surface area contributed by atoms with Gasteiger partial charge in [0.1, 0.15) is 0 Å². The fourth-order valence-corrected chi connectivity index (χ4v) is 2.30. The van der Waals surface area contributed by atoms with E-state index in [1.165, 1.54) is 0 Å². The maximum absolute atomic E-state index is 12.1. The van der Waals surface area contributed by atoms with E-state index in [2.05, 4.69) is 5.32 Å². The molecule has 0 aliphatic rings. The molecule has 0 fully saturated rings. The van der Waals surface area contributed by atoms with E-state index in [1.54, 1.807) is 49.4 Å². The zero-order valence-electron chi connectivity index (χ0n) is 12.4. The Labute approximate surface area is 144 Å². The van der Waals surface area contributed by atoms with Crippen molar-refractivity contribution in [3.05, 3.63) is 63.6 Å². The topological polar surface area (TPSA) is 55.4 Å². The van der Waals surface area contributed by atoms with Crippen LogP contribution in [0.25, 0.3) is 0 Å². The number of esters is 1. The Kier molecular flexibility index (Phi) is 6.02. The van der Waals surface area contributed by atoms with Crippen LogP contribution in [0.2, 0.25) is 10.0 Å².